The van der Waals surface area contributed by atoms with Crippen LogP contribution in [0.1, 0.15) is 51.3 Å². The predicted molar refractivity (Wildman–Crippen MR) is 72.5 cm³/mol. The summed E-state index contributed by atoms with van der Waals surface area (Å²) < 4.78 is 5.59. The molecule has 2 aliphatic rings. The molecule has 3 heterocycles. The molecule has 3 rings (SSSR count). The van der Waals surface area contributed by atoms with Crippen molar-refractivity contribution in [2.75, 3.05) is 6.54 Å². The number of nitrogens with zero attached hydrogens (tertiary/aromatic N) is 1. The molecule has 1 N–H and O–H groups in total. The number of hydrogen-bond acceptors (Lipinski definition) is 3. The van der Waals surface area contributed by atoms with Crippen molar-refractivity contribution in [1.29, 1.82) is 0 Å². The maximum Gasteiger partial charge on any atom is 0.120 e. The van der Waals surface area contributed by atoms with E-state index < -0.39 is 0 Å². The van der Waals surface area contributed by atoms with Crippen LogP contribution in [-0.4, -0.2) is 29.6 Å². The van der Waals surface area contributed by atoms with Crippen LogP contribution >= 0.6 is 0 Å². The van der Waals surface area contributed by atoms with Crippen molar-refractivity contribution < 1.29 is 4.42 Å². The molecule has 3 unspecified atom stereocenters. The van der Waals surface area contributed by atoms with Gasteiger partial charge in [0.2, 0.25) is 0 Å². The van der Waals surface area contributed by atoms with Gasteiger partial charge in [0.1, 0.15) is 5.76 Å². The lowest BCUT2D eigenvalue weighted by Crippen LogP contribution is -2.49. The molecule has 18 heavy (non-hydrogen) atoms. The Morgan fingerprint density at radius 1 is 1.39 bits per heavy atom. The van der Waals surface area contributed by atoms with Gasteiger partial charge < -0.3 is 9.73 Å². The molecule has 3 nitrogen and oxygen atoms in total. The van der Waals surface area contributed by atoms with E-state index in [-0.39, 0.29) is 0 Å². The predicted octanol–water partition coefficient (Wildman–Crippen LogP) is 2.95. The average molecular weight is 248 g/mol. The third-order valence-electron chi connectivity index (χ3n) is 4.68. The molecule has 2 fully saturated rings. The second-order valence-corrected chi connectivity index (χ2v) is 5.75. The van der Waals surface area contributed by atoms with Crippen LogP contribution < -0.4 is 5.32 Å². The van der Waals surface area contributed by atoms with E-state index in [0.717, 1.165) is 30.4 Å². The summed E-state index contributed by atoms with van der Waals surface area (Å²) in [5.41, 5.74) is 0. The van der Waals surface area contributed by atoms with Crippen LogP contribution in [0.15, 0.2) is 22.8 Å². The fraction of sp³-hybridized carbons (Fsp3) is 0.733. The van der Waals surface area contributed by atoms with Gasteiger partial charge in [-0.05, 0) is 51.3 Å². The second-order valence-electron chi connectivity index (χ2n) is 5.75. The number of hydrogen-bond donors (Lipinski definition) is 1. The third-order valence-corrected chi connectivity index (χ3v) is 4.68. The van der Waals surface area contributed by atoms with Crippen molar-refractivity contribution in [3.8, 4) is 0 Å². The Morgan fingerprint density at radius 2 is 2.11 bits per heavy atom. The molecule has 0 saturated carbocycles. The number of fused-ring (bicyclic) bond motifs is 2. The fourth-order valence-corrected chi connectivity index (χ4v) is 3.98. The van der Waals surface area contributed by atoms with Crippen LogP contribution in [0.2, 0.25) is 0 Å². The molecule has 0 aromatic carbocycles. The lowest BCUT2D eigenvalue weighted by molar-refractivity contribution is 0.0676. The summed E-state index contributed by atoms with van der Waals surface area (Å²) in [6.07, 6.45) is 7.11. The summed E-state index contributed by atoms with van der Waals surface area (Å²) in [6.45, 7) is 5.59. The molecule has 2 saturated heterocycles. The molecule has 1 aromatic rings. The van der Waals surface area contributed by atoms with E-state index >= 15 is 0 Å². The van der Waals surface area contributed by atoms with E-state index in [1.165, 1.54) is 25.7 Å². The summed E-state index contributed by atoms with van der Waals surface area (Å²) in [5, 5.41) is 3.63. The zero-order valence-electron chi connectivity index (χ0n) is 11.4. The van der Waals surface area contributed by atoms with Gasteiger partial charge >= 0.3 is 0 Å². The van der Waals surface area contributed by atoms with Crippen molar-refractivity contribution in [2.45, 2.75) is 63.7 Å². The van der Waals surface area contributed by atoms with Gasteiger partial charge in [0, 0.05) is 18.1 Å². The van der Waals surface area contributed by atoms with Gasteiger partial charge in [0.05, 0.1) is 12.3 Å². The number of furan rings is 1. The smallest absolute Gasteiger partial charge is 0.120 e. The van der Waals surface area contributed by atoms with Crippen LogP contribution in [0.5, 0.6) is 0 Å². The Morgan fingerprint density at radius 3 is 2.67 bits per heavy atom. The summed E-state index contributed by atoms with van der Waals surface area (Å²) in [5.74, 6) is 1.12. The number of nitrogens with one attached hydrogen (secondary N) is 1. The van der Waals surface area contributed by atoms with Gasteiger partial charge in [-0.15, -0.1) is 0 Å². The highest BCUT2D eigenvalue weighted by Gasteiger charge is 2.43. The zero-order valence-corrected chi connectivity index (χ0v) is 11.4. The number of rotatable bonds is 4. The van der Waals surface area contributed by atoms with E-state index in [4.69, 9.17) is 4.42 Å². The van der Waals surface area contributed by atoms with Crippen molar-refractivity contribution in [1.82, 2.24) is 10.2 Å². The fourth-order valence-electron chi connectivity index (χ4n) is 3.98. The van der Waals surface area contributed by atoms with E-state index in [1.807, 2.05) is 6.07 Å². The SMILES string of the molecule is CCNC1CC2CCC(C1)N2C(C)c1ccco1. The van der Waals surface area contributed by atoms with E-state index in [1.54, 1.807) is 6.26 Å². The Hall–Kier alpha value is -0.800. The lowest BCUT2D eigenvalue weighted by Gasteiger charge is -2.42. The normalized spacial score (nSPS) is 33.8. The second kappa shape index (κ2) is 5.06. The lowest BCUT2D eigenvalue weighted by atomic mass is 9.95. The van der Waals surface area contributed by atoms with Crippen molar-refractivity contribution in [3.05, 3.63) is 24.2 Å². The molecule has 0 radical (unpaired) electrons. The Bertz CT molecular complexity index is 362. The van der Waals surface area contributed by atoms with Crippen LogP contribution in [0, 0.1) is 0 Å². The highest BCUT2D eigenvalue weighted by molar-refractivity contribution is 5.08. The van der Waals surface area contributed by atoms with Crippen LogP contribution in [-0.2, 0) is 0 Å². The molecule has 1 aromatic heterocycles. The van der Waals surface area contributed by atoms with Gasteiger partial charge in [0.25, 0.3) is 0 Å². The van der Waals surface area contributed by atoms with Gasteiger partial charge in [0.15, 0.2) is 0 Å². The molecule has 3 heteroatoms. The monoisotopic (exact) mass is 248 g/mol. The molecule has 0 amide bonds. The van der Waals surface area contributed by atoms with Crippen LogP contribution in [0.4, 0.5) is 0 Å². The van der Waals surface area contributed by atoms with E-state index in [2.05, 4.69) is 30.1 Å². The molecule has 2 bridgehead atoms. The Labute approximate surface area is 110 Å². The number of piperidine rings is 1. The van der Waals surface area contributed by atoms with E-state index in [0.29, 0.717) is 6.04 Å². The summed E-state index contributed by atoms with van der Waals surface area (Å²) in [7, 11) is 0. The van der Waals surface area contributed by atoms with Gasteiger partial charge in [-0.1, -0.05) is 6.92 Å². The van der Waals surface area contributed by atoms with Crippen LogP contribution in [0.3, 0.4) is 0 Å². The highest BCUT2D eigenvalue weighted by Crippen LogP contribution is 2.41. The first-order chi connectivity index (χ1) is 8.79. The minimum Gasteiger partial charge on any atom is -0.468 e. The van der Waals surface area contributed by atoms with Gasteiger partial charge in [-0.2, -0.15) is 0 Å². The first-order valence-electron chi connectivity index (χ1n) is 7.33. The Kier molecular flexibility index (Phi) is 3.44. The molecular formula is C15H24N2O. The topological polar surface area (TPSA) is 28.4 Å². The van der Waals surface area contributed by atoms with Crippen molar-refractivity contribution >= 4 is 0 Å². The quantitative estimate of drug-likeness (QED) is 0.888. The molecule has 0 aliphatic carbocycles. The molecular weight excluding hydrogens is 224 g/mol. The molecule has 3 atom stereocenters. The van der Waals surface area contributed by atoms with Crippen molar-refractivity contribution in [2.24, 2.45) is 0 Å². The first kappa shape index (κ1) is 12.2. The minimum atomic E-state index is 0.431. The molecule has 100 valence electrons. The van der Waals surface area contributed by atoms with Crippen LogP contribution in [0.25, 0.3) is 0 Å². The summed E-state index contributed by atoms with van der Waals surface area (Å²) in [6, 6.07) is 6.76. The maximum atomic E-state index is 5.59. The van der Waals surface area contributed by atoms with Gasteiger partial charge in [-0.25, -0.2) is 0 Å². The third kappa shape index (κ3) is 2.10. The highest BCUT2D eigenvalue weighted by atomic mass is 16.3. The average Bonchev–Trinajstić information content (AvgIpc) is 2.97. The standard InChI is InChI=1S/C15H24N2O/c1-3-16-12-9-13-6-7-14(10-12)17(13)11(2)15-5-4-8-18-15/h4-5,8,11-14,16H,3,6-7,9-10H2,1-2H3. The largest absolute Gasteiger partial charge is 0.468 e. The van der Waals surface area contributed by atoms with Gasteiger partial charge in [-0.3, -0.25) is 4.90 Å². The summed E-state index contributed by atoms with van der Waals surface area (Å²) in [4.78, 5) is 2.70. The van der Waals surface area contributed by atoms with E-state index in [9.17, 15) is 0 Å². The molecule has 2 aliphatic heterocycles. The zero-order chi connectivity index (χ0) is 12.5. The van der Waals surface area contributed by atoms with Crippen molar-refractivity contribution in [3.63, 3.8) is 0 Å². The first-order valence-corrected chi connectivity index (χ1v) is 7.33. The Balaban J connectivity index is 1.72. The summed E-state index contributed by atoms with van der Waals surface area (Å²) >= 11 is 0. The molecule has 0 spiro atoms. The minimum absolute atomic E-state index is 0.431. The maximum absolute atomic E-state index is 5.59.